The Balaban J connectivity index is 2.62. The van der Waals surface area contributed by atoms with Crippen LogP contribution in [0.25, 0.3) is 0 Å². The molecule has 1 aromatic rings. The van der Waals surface area contributed by atoms with Gasteiger partial charge in [0.1, 0.15) is 12.2 Å². The van der Waals surface area contributed by atoms with Crippen molar-refractivity contribution in [3.63, 3.8) is 0 Å². The van der Waals surface area contributed by atoms with Gasteiger partial charge in [0.05, 0.1) is 18.0 Å². The normalized spacial score (nSPS) is 9.76. The molecule has 0 spiro atoms. The maximum atomic E-state index is 12.9. The monoisotopic (exact) mass is 240 g/mol. The van der Waals surface area contributed by atoms with Gasteiger partial charge in [0, 0.05) is 0 Å². The fourth-order valence-corrected chi connectivity index (χ4v) is 1.17. The zero-order valence-corrected chi connectivity index (χ0v) is 9.33. The molecule has 1 rings (SSSR count). The van der Waals surface area contributed by atoms with E-state index < -0.39 is 24.1 Å². The Hall–Kier alpha value is -2.11. The lowest BCUT2D eigenvalue weighted by atomic mass is 10.2. The highest BCUT2D eigenvalue weighted by Gasteiger charge is 2.11. The van der Waals surface area contributed by atoms with Crippen molar-refractivity contribution in [3.8, 4) is 0 Å². The molecule has 0 aliphatic carbocycles. The molecule has 92 valence electrons. The Morgan fingerprint density at radius 3 is 2.82 bits per heavy atom. The van der Waals surface area contributed by atoms with Gasteiger partial charge in [0.2, 0.25) is 5.91 Å². The van der Waals surface area contributed by atoms with Crippen molar-refractivity contribution in [3.05, 3.63) is 24.0 Å². The van der Waals surface area contributed by atoms with Gasteiger partial charge in [-0.05, 0) is 25.1 Å². The minimum absolute atomic E-state index is 0.138. The van der Waals surface area contributed by atoms with Crippen LogP contribution < -0.4 is 11.1 Å². The largest absolute Gasteiger partial charge is 0.466 e. The number of carbonyl (C=O) groups is 2. The lowest BCUT2D eigenvalue weighted by Gasteiger charge is -2.07. The maximum Gasteiger partial charge on any atom is 0.315 e. The van der Waals surface area contributed by atoms with Gasteiger partial charge in [-0.2, -0.15) is 0 Å². The highest BCUT2D eigenvalue weighted by Crippen LogP contribution is 2.19. The summed E-state index contributed by atoms with van der Waals surface area (Å²) in [5.41, 5.74) is 5.89. The fourth-order valence-electron chi connectivity index (χ4n) is 1.17. The molecule has 0 aliphatic rings. The number of hydrogen-bond donors (Lipinski definition) is 2. The summed E-state index contributed by atoms with van der Waals surface area (Å²) in [7, 11) is 0. The van der Waals surface area contributed by atoms with Crippen LogP contribution in [0.5, 0.6) is 0 Å². The molecule has 0 fully saturated rings. The molecule has 5 nitrogen and oxygen atoms in total. The average molecular weight is 240 g/mol. The number of nitrogens with one attached hydrogen (secondary N) is 1. The van der Waals surface area contributed by atoms with Crippen LogP contribution in [0, 0.1) is 5.82 Å². The van der Waals surface area contributed by atoms with Crippen LogP contribution >= 0.6 is 0 Å². The summed E-state index contributed by atoms with van der Waals surface area (Å²) < 4.78 is 17.5. The molecular weight excluding hydrogens is 227 g/mol. The molecule has 0 unspecified atom stereocenters. The molecule has 0 aliphatic heterocycles. The molecule has 0 atom stereocenters. The number of ether oxygens (including phenoxy) is 1. The van der Waals surface area contributed by atoms with E-state index in [1.807, 2.05) is 0 Å². The van der Waals surface area contributed by atoms with Gasteiger partial charge < -0.3 is 15.8 Å². The van der Waals surface area contributed by atoms with E-state index in [0.29, 0.717) is 0 Å². The molecule has 0 heterocycles. The summed E-state index contributed by atoms with van der Waals surface area (Å²) in [5, 5.41) is 2.34. The number of benzene rings is 1. The number of nitrogen functional groups attached to an aromatic ring is 1. The van der Waals surface area contributed by atoms with Crippen LogP contribution in [0.2, 0.25) is 0 Å². The lowest BCUT2D eigenvalue weighted by Crippen LogP contribution is -2.18. The third-order valence-electron chi connectivity index (χ3n) is 1.90. The zero-order valence-electron chi connectivity index (χ0n) is 9.33. The first kappa shape index (κ1) is 13.0. The van der Waals surface area contributed by atoms with Gasteiger partial charge in [0.25, 0.3) is 0 Å². The molecule has 0 saturated heterocycles. The van der Waals surface area contributed by atoms with Crippen LogP contribution in [0.4, 0.5) is 15.8 Å². The molecule has 1 amide bonds. The number of anilines is 2. The third kappa shape index (κ3) is 4.10. The first-order valence-electron chi connectivity index (χ1n) is 5.03. The van der Waals surface area contributed by atoms with Crippen LogP contribution in [-0.2, 0) is 14.3 Å². The van der Waals surface area contributed by atoms with Crippen molar-refractivity contribution in [1.82, 2.24) is 0 Å². The smallest absolute Gasteiger partial charge is 0.315 e. The van der Waals surface area contributed by atoms with Crippen molar-refractivity contribution in [1.29, 1.82) is 0 Å². The summed E-state index contributed by atoms with van der Waals surface area (Å²) >= 11 is 0. The second-order valence-corrected chi connectivity index (χ2v) is 3.26. The number of esters is 1. The number of hydrogen-bond acceptors (Lipinski definition) is 4. The first-order valence-corrected chi connectivity index (χ1v) is 5.03. The number of halogens is 1. The first-order chi connectivity index (χ1) is 8.02. The molecule has 6 heteroatoms. The molecule has 0 saturated carbocycles. The quantitative estimate of drug-likeness (QED) is 0.472. The number of rotatable bonds is 4. The summed E-state index contributed by atoms with van der Waals surface area (Å²) in [6.45, 7) is 1.84. The van der Waals surface area contributed by atoms with E-state index in [9.17, 15) is 14.0 Å². The molecule has 0 bridgehead atoms. The van der Waals surface area contributed by atoms with Crippen molar-refractivity contribution < 1.29 is 18.7 Å². The van der Waals surface area contributed by atoms with Gasteiger partial charge in [-0.3, -0.25) is 9.59 Å². The second kappa shape index (κ2) is 5.83. The second-order valence-electron chi connectivity index (χ2n) is 3.26. The Labute approximate surface area is 97.7 Å². The predicted octanol–water partition coefficient (Wildman–Crippen LogP) is 1.30. The van der Waals surface area contributed by atoms with Crippen LogP contribution in [0.1, 0.15) is 13.3 Å². The van der Waals surface area contributed by atoms with Crippen LogP contribution in [0.15, 0.2) is 18.2 Å². The Kier molecular flexibility index (Phi) is 4.45. The maximum absolute atomic E-state index is 12.9. The summed E-state index contributed by atoms with van der Waals surface area (Å²) in [5.74, 6) is -1.76. The minimum Gasteiger partial charge on any atom is -0.466 e. The molecule has 3 N–H and O–H groups in total. The summed E-state index contributed by atoms with van der Waals surface area (Å²) in [6.07, 6.45) is -0.427. The Bertz CT molecular complexity index is 435. The van der Waals surface area contributed by atoms with Crippen molar-refractivity contribution >= 4 is 23.3 Å². The highest BCUT2D eigenvalue weighted by atomic mass is 19.1. The van der Waals surface area contributed by atoms with Gasteiger partial charge >= 0.3 is 5.97 Å². The average Bonchev–Trinajstić information content (AvgIpc) is 2.23. The molecule has 17 heavy (non-hydrogen) atoms. The predicted molar refractivity (Wildman–Crippen MR) is 60.7 cm³/mol. The van der Waals surface area contributed by atoms with Gasteiger partial charge in [0.15, 0.2) is 0 Å². The van der Waals surface area contributed by atoms with Crippen molar-refractivity contribution in [2.24, 2.45) is 0 Å². The number of amides is 1. The molecule has 0 radical (unpaired) electrons. The Morgan fingerprint density at radius 2 is 2.18 bits per heavy atom. The zero-order chi connectivity index (χ0) is 12.8. The summed E-state index contributed by atoms with van der Waals surface area (Å²) in [4.78, 5) is 22.4. The summed E-state index contributed by atoms with van der Waals surface area (Å²) in [6, 6.07) is 3.59. The number of carbonyl (C=O) groups excluding carboxylic acids is 2. The fraction of sp³-hybridized carbons (Fsp3) is 0.273. The van der Waals surface area contributed by atoms with Crippen molar-refractivity contribution in [2.75, 3.05) is 17.7 Å². The van der Waals surface area contributed by atoms with Gasteiger partial charge in [-0.25, -0.2) is 4.39 Å². The Morgan fingerprint density at radius 1 is 1.47 bits per heavy atom. The third-order valence-corrected chi connectivity index (χ3v) is 1.90. The topological polar surface area (TPSA) is 81.4 Å². The van der Waals surface area contributed by atoms with E-state index in [1.54, 1.807) is 6.92 Å². The SMILES string of the molecule is CCOC(=O)CC(=O)Nc1cc(F)ccc1N. The van der Waals surface area contributed by atoms with E-state index >= 15 is 0 Å². The highest BCUT2D eigenvalue weighted by molar-refractivity contribution is 6.03. The van der Waals surface area contributed by atoms with E-state index in [2.05, 4.69) is 10.1 Å². The molecule has 0 aromatic heterocycles. The van der Waals surface area contributed by atoms with E-state index in [0.717, 1.165) is 6.07 Å². The van der Waals surface area contributed by atoms with Gasteiger partial charge in [-0.1, -0.05) is 0 Å². The van der Waals surface area contributed by atoms with E-state index in [-0.39, 0.29) is 18.0 Å². The lowest BCUT2D eigenvalue weighted by molar-refractivity contribution is -0.145. The van der Waals surface area contributed by atoms with E-state index in [1.165, 1.54) is 12.1 Å². The number of nitrogens with two attached hydrogens (primary N) is 1. The molecular formula is C11H13FN2O3. The minimum atomic E-state index is -0.639. The van der Waals surface area contributed by atoms with E-state index in [4.69, 9.17) is 5.73 Å². The van der Waals surface area contributed by atoms with Gasteiger partial charge in [-0.15, -0.1) is 0 Å². The molecule has 1 aromatic carbocycles. The van der Waals surface area contributed by atoms with Crippen LogP contribution in [-0.4, -0.2) is 18.5 Å². The van der Waals surface area contributed by atoms with Crippen molar-refractivity contribution in [2.45, 2.75) is 13.3 Å². The standard InChI is InChI=1S/C11H13FN2O3/c1-2-17-11(16)6-10(15)14-9-5-7(12)3-4-8(9)13/h3-5H,2,6,13H2,1H3,(H,14,15). The van der Waals surface area contributed by atoms with Crippen LogP contribution in [0.3, 0.4) is 0 Å².